The number of nitrogens with one attached hydrogen (secondary N) is 1. The second-order valence-corrected chi connectivity index (χ2v) is 7.43. The van der Waals surface area contributed by atoms with Gasteiger partial charge in [0.25, 0.3) is 0 Å². The first-order chi connectivity index (χ1) is 8.97. The number of ether oxygens (including phenoxy) is 1. The second kappa shape index (κ2) is 7.58. The lowest BCUT2D eigenvalue weighted by Crippen LogP contribution is -2.44. The number of carbonyl (C=O) groups excluding carboxylic acids is 1. The number of carboxylic acid groups (broad SMARTS) is 1. The molecule has 0 aliphatic carbocycles. The first-order valence-electron chi connectivity index (χ1n) is 6.35. The smallest absolute Gasteiger partial charge is 0.321 e. The van der Waals surface area contributed by atoms with Crippen LogP contribution in [0.4, 0.5) is 0 Å². The van der Waals surface area contributed by atoms with Crippen LogP contribution in [0.2, 0.25) is 0 Å². The standard InChI is InChI=1S/C12H23NO6S/c1-5-19-10(14)7-6-9(11(15)16)13-20(17,18)8-12(2,3)4/h9,13H,5-8H2,1-4H3,(H,15,16)/t9-/m0/s1. The van der Waals surface area contributed by atoms with E-state index in [0.717, 1.165) is 0 Å². The molecular formula is C12H23NO6S. The van der Waals surface area contributed by atoms with E-state index in [4.69, 9.17) is 5.11 Å². The van der Waals surface area contributed by atoms with E-state index in [2.05, 4.69) is 9.46 Å². The van der Waals surface area contributed by atoms with Crippen molar-refractivity contribution in [3.05, 3.63) is 0 Å². The summed E-state index contributed by atoms with van der Waals surface area (Å²) in [5, 5.41) is 9.00. The molecule has 0 fully saturated rings. The summed E-state index contributed by atoms with van der Waals surface area (Å²) >= 11 is 0. The van der Waals surface area contributed by atoms with Gasteiger partial charge in [0.1, 0.15) is 6.04 Å². The predicted molar refractivity (Wildman–Crippen MR) is 73.7 cm³/mol. The van der Waals surface area contributed by atoms with Gasteiger partial charge in [-0.15, -0.1) is 0 Å². The summed E-state index contributed by atoms with van der Waals surface area (Å²) in [6.45, 7) is 7.05. The van der Waals surface area contributed by atoms with Gasteiger partial charge in [0.15, 0.2) is 0 Å². The van der Waals surface area contributed by atoms with Crippen LogP contribution in [0, 0.1) is 5.41 Å². The van der Waals surface area contributed by atoms with Crippen LogP contribution in [0.25, 0.3) is 0 Å². The number of sulfonamides is 1. The molecule has 0 spiro atoms. The summed E-state index contributed by atoms with van der Waals surface area (Å²) in [6, 6.07) is -1.33. The van der Waals surface area contributed by atoms with Crippen LogP contribution in [-0.2, 0) is 24.3 Å². The first-order valence-corrected chi connectivity index (χ1v) is 8.00. The fourth-order valence-electron chi connectivity index (χ4n) is 1.56. The zero-order valence-corrected chi connectivity index (χ0v) is 13.1. The minimum atomic E-state index is -3.73. The third kappa shape index (κ3) is 8.87. The molecule has 0 rings (SSSR count). The summed E-state index contributed by atoms with van der Waals surface area (Å²) in [5.41, 5.74) is -0.490. The van der Waals surface area contributed by atoms with Crippen molar-refractivity contribution in [1.29, 1.82) is 0 Å². The van der Waals surface area contributed by atoms with Gasteiger partial charge in [0.2, 0.25) is 10.0 Å². The molecule has 0 heterocycles. The lowest BCUT2D eigenvalue weighted by Gasteiger charge is -2.20. The highest BCUT2D eigenvalue weighted by atomic mass is 32.2. The Bertz CT molecular complexity index is 437. The van der Waals surface area contributed by atoms with Gasteiger partial charge in [-0.05, 0) is 18.8 Å². The molecule has 8 heteroatoms. The van der Waals surface area contributed by atoms with Gasteiger partial charge in [-0.1, -0.05) is 20.8 Å². The molecule has 0 aromatic heterocycles. The van der Waals surface area contributed by atoms with Crippen LogP contribution in [0.1, 0.15) is 40.5 Å². The maximum absolute atomic E-state index is 11.8. The van der Waals surface area contributed by atoms with E-state index in [1.807, 2.05) is 0 Å². The fraction of sp³-hybridized carbons (Fsp3) is 0.833. The van der Waals surface area contributed by atoms with E-state index >= 15 is 0 Å². The van der Waals surface area contributed by atoms with Crippen molar-refractivity contribution in [2.24, 2.45) is 5.41 Å². The van der Waals surface area contributed by atoms with Gasteiger partial charge in [-0.25, -0.2) is 13.1 Å². The molecule has 0 saturated heterocycles. The molecular weight excluding hydrogens is 286 g/mol. The molecule has 2 N–H and O–H groups in total. The Morgan fingerprint density at radius 2 is 1.85 bits per heavy atom. The Kier molecular flexibility index (Phi) is 7.15. The average molecular weight is 309 g/mol. The summed E-state index contributed by atoms with van der Waals surface area (Å²) < 4.78 is 30.5. The second-order valence-electron chi connectivity index (χ2n) is 5.67. The molecule has 1 atom stereocenters. The monoisotopic (exact) mass is 309 g/mol. The number of carboxylic acids is 1. The lowest BCUT2D eigenvalue weighted by atomic mass is 10.0. The maximum Gasteiger partial charge on any atom is 0.321 e. The molecule has 0 aliphatic rings. The van der Waals surface area contributed by atoms with Gasteiger partial charge in [0, 0.05) is 6.42 Å². The Balaban J connectivity index is 4.63. The largest absolute Gasteiger partial charge is 0.480 e. The maximum atomic E-state index is 11.8. The topological polar surface area (TPSA) is 110 Å². The Hall–Kier alpha value is -1.15. The van der Waals surface area contributed by atoms with Gasteiger partial charge in [0.05, 0.1) is 12.4 Å². The van der Waals surface area contributed by atoms with E-state index in [0.29, 0.717) is 0 Å². The Morgan fingerprint density at radius 1 is 1.30 bits per heavy atom. The van der Waals surface area contributed by atoms with Crippen molar-refractivity contribution >= 4 is 22.0 Å². The highest BCUT2D eigenvalue weighted by Crippen LogP contribution is 2.16. The highest BCUT2D eigenvalue weighted by Gasteiger charge is 2.28. The average Bonchev–Trinajstić information content (AvgIpc) is 2.20. The summed E-state index contributed by atoms with van der Waals surface area (Å²) in [5.74, 6) is -2.05. The van der Waals surface area contributed by atoms with Gasteiger partial charge in [-0.2, -0.15) is 0 Å². The minimum Gasteiger partial charge on any atom is -0.480 e. The quantitative estimate of drug-likeness (QED) is 0.640. The van der Waals surface area contributed by atoms with Crippen molar-refractivity contribution in [1.82, 2.24) is 4.72 Å². The lowest BCUT2D eigenvalue weighted by molar-refractivity contribution is -0.144. The van der Waals surface area contributed by atoms with Crippen LogP contribution in [0.5, 0.6) is 0 Å². The van der Waals surface area contributed by atoms with Gasteiger partial charge < -0.3 is 9.84 Å². The van der Waals surface area contributed by atoms with Crippen LogP contribution in [-0.4, -0.2) is 43.9 Å². The van der Waals surface area contributed by atoms with Gasteiger partial charge in [-0.3, -0.25) is 9.59 Å². The van der Waals surface area contributed by atoms with Crippen LogP contribution in [0.3, 0.4) is 0 Å². The number of rotatable bonds is 8. The fourth-order valence-corrected chi connectivity index (χ4v) is 3.43. The van der Waals surface area contributed by atoms with Crippen LogP contribution < -0.4 is 4.72 Å². The van der Waals surface area contributed by atoms with E-state index in [1.54, 1.807) is 27.7 Å². The summed E-state index contributed by atoms with van der Waals surface area (Å²) in [4.78, 5) is 22.2. The third-order valence-corrected chi connectivity index (χ3v) is 4.08. The summed E-state index contributed by atoms with van der Waals surface area (Å²) in [6.07, 6.45) is -0.291. The Morgan fingerprint density at radius 3 is 2.25 bits per heavy atom. The van der Waals surface area contributed by atoms with Gasteiger partial charge >= 0.3 is 11.9 Å². The number of hydrogen-bond donors (Lipinski definition) is 2. The molecule has 0 unspecified atom stereocenters. The van der Waals surface area contributed by atoms with Crippen molar-refractivity contribution in [3.8, 4) is 0 Å². The predicted octanol–water partition coefficient (Wildman–Crippen LogP) is 0.748. The minimum absolute atomic E-state index is 0.141. The SMILES string of the molecule is CCOC(=O)CC[C@H](NS(=O)(=O)CC(C)(C)C)C(=O)O. The van der Waals surface area contributed by atoms with Crippen LogP contribution in [0.15, 0.2) is 0 Å². The first kappa shape index (κ1) is 18.9. The summed E-state index contributed by atoms with van der Waals surface area (Å²) in [7, 11) is -3.73. The number of carbonyl (C=O) groups is 2. The molecule has 0 saturated carbocycles. The molecule has 0 bridgehead atoms. The number of aliphatic carboxylic acids is 1. The molecule has 0 radical (unpaired) electrons. The van der Waals surface area contributed by atoms with Crippen molar-refractivity contribution in [2.75, 3.05) is 12.4 Å². The molecule has 7 nitrogen and oxygen atoms in total. The molecule has 0 aromatic carbocycles. The zero-order chi connectivity index (χ0) is 16.0. The highest BCUT2D eigenvalue weighted by molar-refractivity contribution is 7.89. The van der Waals surface area contributed by atoms with Crippen LogP contribution >= 0.6 is 0 Å². The number of hydrogen-bond acceptors (Lipinski definition) is 5. The molecule has 118 valence electrons. The molecule has 0 amide bonds. The number of esters is 1. The van der Waals surface area contributed by atoms with Crippen molar-refractivity contribution in [3.63, 3.8) is 0 Å². The normalized spacial score (nSPS) is 13.8. The molecule has 0 aliphatic heterocycles. The molecule has 0 aromatic rings. The van der Waals surface area contributed by atoms with E-state index in [-0.39, 0.29) is 25.2 Å². The van der Waals surface area contributed by atoms with E-state index in [1.165, 1.54) is 0 Å². The van der Waals surface area contributed by atoms with Crippen molar-refractivity contribution < 1.29 is 27.9 Å². The van der Waals surface area contributed by atoms with Crippen molar-refractivity contribution in [2.45, 2.75) is 46.6 Å². The van der Waals surface area contributed by atoms with E-state index < -0.39 is 33.4 Å². The Labute approximate surface area is 119 Å². The zero-order valence-electron chi connectivity index (χ0n) is 12.3. The molecule has 20 heavy (non-hydrogen) atoms. The third-order valence-electron chi connectivity index (χ3n) is 2.19. The van der Waals surface area contributed by atoms with E-state index in [9.17, 15) is 18.0 Å².